The topological polar surface area (TPSA) is 84.0 Å². The maximum absolute atomic E-state index is 12.2. The van der Waals surface area contributed by atoms with Gasteiger partial charge in [0.15, 0.2) is 0 Å². The first-order valence-electron chi connectivity index (χ1n) is 7.55. The lowest BCUT2D eigenvalue weighted by molar-refractivity contribution is -0.116. The molecule has 0 bridgehead atoms. The molecule has 6 heteroatoms. The molecule has 2 aromatic rings. The highest BCUT2D eigenvalue weighted by atomic mass is 16.2. The number of carbonyl (C=O) groups excluding carboxylic acids is 2. The number of carbonyl (C=O) groups is 2. The van der Waals surface area contributed by atoms with Crippen LogP contribution in [0.5, 0.6) is 0 Å². The molecule has 3 rings (SSSR count). The van der Waals surface area contributed by atoms with Crippen LogP contribution in [0, 0.1) is 6.92 Å². The Hall–Kier alpha value is -2.76. The number of amides is 2. The van der Waals surface area contributed by atoms with Gasteiger partial charge in [-0.25, -0.2) is 4.98 Å². The molecule has 1 aliphatic heterocycles. The van der Waals surface area contributed by atoms with E-state index in [1.807, 2.05) is 32.0 Å². The van der Waals surface area contributed by atoms with Crippen LogP contribution in [0.1, 0.15) is 46.7 Å². The van der Waals surface area contributed by atoms with E-state index in [9.17, 15) is 9.59 Å². The molecular weight excluding hydrogens is 292 g/mol. The van der Waals surface area contributed by atoms with Crippen LogP contribution in [0.2, 0.25) is 0 Å². The van der Waals surface area contributed by atoms with Crippen LogP contribution in [0.3, 0.4) is 0 Å². The van der Waals surface area contributed by atoms with E-state index < -0.39 is 0 Å². The molecule has 118 valence electrons. The van der Waals surface area contributed by atoms with Crippen molar-refractivity contribution < 1.29 is 9.59 Å². The fourth-order valence-electron chi connectivity index (χ4n) is 2.54. The molecule has 0 saturated heterocycles. The van der Waals surface area contributed by atoms with Gasteiger partial charge in [-0.1, -0.05) is 12.1 Å². The molecular formula is C17H18N4O2. The molecule has 2 heterocycles. The molecule has 2 amide bonds. The van der Waals surface area contributed by atoms with Crippen molar-refractivity contribution >= 4 is 17.5 Å². The van der Waals surface area contributed by atoms with Gasteiger partial charge in [-0.3, -0.25) is 14.6 Å². The minimum atomic E-state index is -0.254. The molecule has 0 saturated carbocycles. The van der Waals surface area contributed by atoms with E-state index in [1.54, 1.807) is 6.20 Å². The van der Waals surface area contributed by atoms with Crippen molar-refractivity contribution in [3.8, 4) is 0 Å². The fraction of sp³-hybridized carbons (Fsp3) is 0.294. The lowest BCUT2D eigenvalue weighted by Crippen LogP contribution is -2.28. The number of benzene rings is 1. The second-order valence-electron chi connectivity index (χ2n) is 5.70. The van der Waals surface area contributed by atoms with E-state index >= 15 is 0 Å². The summed E-state index contributed by atoms with van der Waals surface area (Å²) in [5.74, 6) is -0.208. The zero-order valence-corrected chi connectivity index (χ0v) is 13.1. The SMILES string of the molecule is Cc1cnc(C(=O)N[C@@H](C)c2ccc3c(c2)CCC(=O)N3)cn1. The van der Waals surface area contributed by atoms with Gasteiger partial charge < -0.3 is 10.6 Å². The van der Waals surface area contributed by atoms with Crippen molar-refractivity contribution in [2.24, 2.45) is 0 Å². The van der Waals surface area contributed by atoms with Crippen LogP contribution < -0.4 is 10.6 Å². The van der Waals surface area contributed by atoms with Gasteiger partial charge in [-0.2, -0.15) is 0 Å². The predicted octanol–water partition coefficient (Wildman–Crippen LogP) is 2.16. The minimum Gasteiger partial charge on any atom is -0.344 e. The molecule has 1 aliphatic rings. The lowest BCUT2D eigenvalue weighted by atomic mass is 9.98. The molecule has 2 N–H and O–H groups in total. The average molecular weight is 310 g/mol. The number of anilines is 1. The summed E-state index contributed by atoms with van der Waals surface area (Å²) in [5.41, 5.74) is 4.01. The zero-order chi connectivity index (χ0) is 16.4. The van der Waals surface area contributed by atoms with Gasteiger partial charge >= 0.3 is 0 Å². The van der Waals surface area contributed by atoms with Gasteiger partial charge in [0.1, 0.15) is 5.69 Å². The smallest absolute Gasteiger partial charge is 0.271 e. The molecule has 23 heavy (non-hydrogen) atoms. The van der Waals surface area contributed by atoms with E-state index in [0.717, 1.165) is 28.9 Å². The standard InChI is InChI=1S/C17H18N4O2/c1-10-8-19-15(9-18-10)17(23)20-11(2)12-3-5-14-13(7-12)4-6-16(22)21-14/h3,5,7-9,11H,4,6H2,1-2H3,(H,20,23)(H,21,22)/t11-/m0/s1. The van der Waals surface area contributed by atoms with Crippen LogP contribution in [0.4, 0.5) is 5.69 Å². The van der Waals surface area contributed by atoms with Crippen LogP contribution >= 0.6 is 0 Å². The van der Waals surface area contributed by atoms with Crippen molar-refractivity contribution in [1.82, 2.24) is 15.3 Å². The number of hydrogen-bond acceptors (Lipinski definition) is 4. The van der Waals surface area contributed by atoms with E-state index in [-0.39, 0.29) is 17.9 Å². The second-order valence-corrected chi connectivity index (χ2v) is 5.70. The van der Waals surface area contributed by atoms with E-state index in [2.05, 4.69) is 20.6 Å². The third kappa shape index (κ3) is 3.36. The summed E-state index contributed by atoms with van der Waals surface area (Å²) in [7, 11) is 0. The van der Waals surface area contributed by atoms with Crippen molar-refractivity contribution in [3.63, 3.8) is 0 Å². The van der Waals surface area contributed by atoms with E-state index in [4.69, 9.17) is 0 Å². The Bertz CT molecular complexity index is 756. The van der Waals surface area contributed by atoms with Crippen molar-refractivity contribution in [3.05, 3.63) is 53.1 Å². The second kappa shape index (κ2) is 6.16. The van der Waals surface area contributed by atoms with Crippen LogP contribution in [-0.4, -0.2) is 21.8 Å². The number of aryl methyl sites for hydroxylation is 2. The lowest BCUT2D eigenvalue weighted by Gasteiger charge is -2.20. The molecule has 6 nitrogen and oxygen atoms in total. The summed E-state index contributed by atoms with van der Waals surface area (Å²) >= 11 is 0. The first kappa shape index (κ1) is 15.1. The normalized spacial score (nSPS) is 14.6. The highest BCUT2D eigenvalue weighted by Gasteiger charge is 2.18. The van der Waals surface area contributed by atoms with E-state index in [1.165, 1.54) is 6.20 Å². The van der Waals surface area contributed by atoms with Crippen LogP contribution in [-0.2, 0) is 11.2 Å². The number of fused-ring (bicyclic) bond motifs is 1. The van der Waals surface area contributed by atoms with Crippen LogP contribution in [0.15, 0.2) is 30.6 Å². The summed E-state index contributed by atoms with van der Waals surface area (Å²) in [6.45, 7) is 3.74. The maximum atomic E-state index is 12.2. The van der Waals surface area contributed by atoms with Gasteiger partial charge in [-0.15, -0.1) is 0 Å². The van der Waals surface area contributed by atoms with Gasteiger partial charge in [-0.05, 0) is 37.5 Å². The van der Waals surface area contributed by atoms with E-state index in [0.29, 0.717) is 12.1 Å². The molecule has 1 atom stereocenters. The first-order valence-corrected chi connectivity index (χ1v) is 7.55. The number of nitrogens with one attached hydrogen (secondary N) is 2. The molecule has 0 spiro atoms. The number of hydrogen-bond donors (Lipinski definition) is 2. The molecule has 1 aromatic heterocycles. The monoisotopic (exact) mass is 310 g/mol. The Kier molecular flexibility index (Phi) is 4.06. The summed E-state index contributed by atoms with van der Waals surface area (Å²) in [6, 6.07) is 5.67. The van der Waals surface area contributed by atoms with Crippen molar-refractivity contribution in [1.29, 1.82) is 0 Å². The number of rotatable bonds is 3. The summed E-state index contributed by atoms with van der Waals surface area (Å²) < 4.78 is 0. The van der Waals surface area contributed by atoms with Gasteiger partial charge in [0, 0.05) is 18.3 Å². The quantitative estimate of drug-likeness (QED) is 0.910. The van der Waals surface area contributed by atoms with Crippen molar-refractivity contribution in [2.75, 3.05) is 5.32 Å². The van der Waals surface area contributed by atoms with Crippen molar-refractivity contribution in [2.45, 2.75) is 32.7 Å². The Morgan fingerprint density at radius 3 is 2.83 bits per heavy atom. The van der Waals surface area contributed by atoms with Crippen LogP contribution in [0.25, 0.3) is 0 Å². The Balaban J connectivity index is 1.73. The minimum absolute atomic E-state index is 0.0459. The Morgan fingerprint density at radius 1 is 1.26 bits per heavy atom. The number of nitrogens with zero attached hydrogens (tertiary/aromatic N) is 2. The maximum Gasteiger partial charge on any atom is 0.271 e. The largest absolute Gasteiger partial charge is 0.344 e. The molecule has 0 radical (unpaired) electrons. The predicted molar refractivity (Wildman–Crippen MR) is 86.0 cm³/mol. The Morgan fingerprint density at radius 2 is 2.09 bits per heavy atom. The molecule has 0 unspecified atom stereocenters. The number of aromatic nitrogens is 2. The highest BCUT2D eigenvalue weighted by molar-refractivity contribution is 5.94. The zero-order valence-electron chi connectivity index (χ0n) is 13.1. The Labute approximate surface area is 134 Å². The van der Waals surface area contributed by atoms with Gasteiger partial charge in [0.25, 0.3) is 5.91 Å². The first-order chi connectivity index (χ1) is 11.0. The molecule has 1 aromatic carbocycles. The summed E-state index contributed by atoms with van der Waals surface area (Å²) in [6.07, 6.45) is 4.26. The molecule has 0 aliphatic carbocycles. The fourth-order valence-corrected chi connectivity index (χ4v) is 2.54. The van der Waals surface area contributed by atoms with Gasteiger partial charge in [0.2, 0.25) is 5.91 Å². The molecule has 0 fully saturated rings. The van der Waals surface area contributed by atoms with Gasteiger partial charge in [0.05, 0.1) is 17.9 Å². The third-order valence-corrected chi connectivity index (χ3v) is 3.89. The third-order valence-electron chi connectivity index (χ3n) is 3.89. The average Bonchev–Trinajstić information content (AvgIpc) is 2.54. The summed E-state index contributed by atoms with van der Waals surface area (Å²) in [5, 5.41) is 5.77. The highest BCUT2D eigenvalue weighted by Crippen LogP contribution is 2.26. The summed E-state index contributed by atoms with van der Waals surface area (Å²) in [4.78, 5) is 31.8.